The smallest absolute Gasteiger partial charge is 0.251 e. The van der Waals surface area contributed by atoms with Crippen LogP contribution in [0.1, 0.15) is 27.9 Å². The summed E-state index contributed by atoms with van der Waals surface area (Å²) in [7, 11) is 0. The minimum absolute atomic E-state index is 0.294. The van der Waals surface area contributed by atoms with Crippen LogP contribution in [0, 0.1) is 0 Å². The fourth-order valence-corrected chi connectivity index (χ4v) is 4.30. The Morgan fingerprint density at radius 3 is 2.79 bits per heavy atom. The number of amides is 1. The van der Waals surface area contributed by atoms with E-state index in [1.807, 2.05) is 18.2 Å². The SMILES string of the molecule is NC(=O)c1cnc(N)c2cc(-c3ccc4c(c3)CCC(=O)C4)sc12. The number of anilines is 1. The summed E-state index contributed by atoms with van der Waals surface area (Å²) in [6.45, 7) is 0. The molecule has 3 aromatic rings. The highest BCUT2D eigenvalue weighted by Crippen LogP contribution is 2.38. The van der Waals surface area contributed by atoms with Gasteiger partial charge < -0.3 is 11.5 Å². The van der Waals surface area contributed by atoms with Crippen LogP contribution >= 0.6 is 11.3 Å². The number of Topliss-reactive ketones (excluding diaryl/α,β-unsaturated/α-hetero) is 1. The molecule has 0 saturated heterocycles. The molecule has 0 fully saturated rings. The standard InChI is InChI=1S/C18H15N3O2S/c19-17-13-7-15(24-16(13)14(8-21-17)18(20)23)11-2-1-10-6-12(22)4-3-9(10)5-11/h1-2,5,7-8H,3-4,6H2,(H2,19,21)(H2,20,23). The third kappa shape index (κ3) is 2.35. The summed E-state index contributed by atoms with van der Waals surface area (Å²) >= 11 is 1.48. The first-order valence-corrected chi connectivity index (χ1v) is 8.46. The molecule has 1 aromatic carbocycles. The molecule has 2 aromatic heterocycles. The van der Waals surface area contributed by atoms with Crippen molar-refractivity contribution in [1.29, 1.82) is 0 Å². The Balaban J connectivity index is 1.85. The molecular weight excluding hydrogens is 322 g/mol. The average molecular weight is 337 g/mol. The van der Waals surface area contributed by atoms with Crippen LogP contribution < -0.4 is 11.5 Å². The van der Waals surface area contributed by atoms with Gasteiger partial charge in [-0.1, -0.05) is 18.2 Å². The normalized spacial score (nSPS) is 13.9. The average Bonchev–Trinajstić information content (AvgIpc) is 3.00. The molecule has 4 N–H and O–H groups in total. The highest BCUT2D eigenvalue weighted by atomic mass is 32.1. The van der Waals surface area contributed by atoms with Crippen molar-refractivity contribution in [3.05, 3.63) is 47.2 Å². The molecule has 1 aliphatic rings. The van der Waals surface area contributed by atoms with E-state index in [0.29, 0.717) is 30.0 Å². The molecule has 0 aliphatic heterocycles. The van der Waals surface area contributed by atoms with Crippen molar-refractivity contribution in [2.75, 3.05) is 5.73 Å². The van der Waals surface area contributed by atoms with E-state index < -0.39 is 5.91 Å². The zero-order valence-corrected chi connectivity index (χ0v) is 13.7. The van der Waals surface area contributed by atoms with Crippen LogP contribution in [0.25, 0.3) is 20.5 Å². The zero-order valence-electron chi connectivity index (χ0n) is 12.8. The lowest BCUT2D eigenvalue weighted by molar-refractivity contribution is -0.118. The van der Waals surface area contributed by atoms with E-state index in [9.17, 15) is 9.59 Å². The number of nitrogens with two attached hydrogens (primary N) is 2. The number of hydrogen-bond donors (Lipinski definition) is 2. The molecule has 24 heavy (non-hydrogen) atoms. The first-order chi connectivity index (χ1) is 11.5. The summed E-state index contributed by atoms with van der Waals surface area (Å²) in [4.78, 5) is 28.3. The maximum atomic E-state index is 11.6. The number of nitrogen functional groups attached to an aromatic ring is 1. The lowest BCUT2D eigenvalue weighted by Crippen LogP contribution is -2.12. The quantitative estimate of drug-likeness (QED) is 0.751. The number of rotatable bonds is 2. The Labute approximate surface area is 142 Å². The van der Waals surface area contributed by atoms with E-state index >= 15 is 0 Å². The van der Waals surface area contributed by atoms with Crippen LogP contribution in [-0.4, -0.2) is 16.7 Å². The van der Waals surface area contributed by atoms with E-state index in [-0.39, 0.29) is 0 Å². The van der Waals surface area contributed by atoms with Gasteiger partial charge in [-0.3, -0.25) is 9.59 Å². The monoisotopic (exact) mass is 337 g/mol. The van der Waals surface area contributed by atoms with Gasteiger partial charge in [0.2, 0.25) is 0 Å². The Bertz CT molecular complexity index is 1010. The summed E-state index contributed by atoms with van der Waals surface area (Å²) in [6, 6.07) is 8.10. The maximum Gasteiger partial charge on any atom is 0.251 e. The van der Waals surface area contributed by atoms with Crippen molar-refractivity contribution in [1.82, 2.24) is 4.98 Å². The predicted molar refractivity (Wildman–Crippen MR) is 95.0 cm³/mol. The van der Waals surface area contributed by atoms with Gasteiger partial charge in [-0.2, -0.15) is 0 Å². The Morgan fingerprint density at radius 2 is 2.00 bits per heavy atom. The Hall–Kier alpha value is -2.73. The molecule has 6 heteroatoms. The number of thiophene rings is 1. The van der Waals surface area contributed by atoms with E-state index in [1.165, 1.54) is 23.1 Å². The summed E-state index contributed by atoms with van der Waals surface area (Å²) < 4.78 is 0.762. The van der Waals surface area contributed by atoms with Crippen molar-refractivity contribution >= 4 is 38.9 Å². The van der Waals surface area contributed by atoms with Gasteiger partial charge in [0.15, 0.2) is 0 Å². The second-order valence-electron chi connectivity index (χ2n) is 5.97. The van der Waals surface area contributed by atoms with Crippen molar-refractivity contribution in [2.24, 2.45) is 5.73 Å². The number of fused-ring (bicyclic) bond motifs is 2. The third-order valence-electron chi connectivity index (χ3n) is 4.40. The molecule has 0 unspecified atom stereocenters. The minimum Gasteiger partial charge on any atom is -0.383 e. The summed E-state index contributed by atoms with van der Waals surface area (Å²) in [6.07, 6.45) is 3.33. The molecule has 5 nitrogen and oxygen atoms in total. The molecule has 120 valence electrons. The number of carbonyl (C=O) groups excluding carboxylic acids is 2. The van der Waals surface area contributed by atoms with Gasteiger partial charge in [-0.25, -0.2) is 4.98 Å². The summed E-state index contributed by atoms with van der Waals surface area (Å²) in [5, 5.41) is 0.749. The van der Waals surface area contributed by atoms with Gasteiger partial charge in [-0.15, -0.1) is 11.3 Å². The number of aryl methyl sites for hydroxylation is 1. The number of benzene rings is 1. The number of hydrogen-bond acceptors (Lipinski definition) is 5. The van der Waals surface area contributed by atoms with Gasteiger partial charge in [0.25, 0.3) is 5.91 Å². The second kappa shape index (κ2) is 5.42. The van der Waals surface area contributed by atoms with E-state index in [0.717, 1.165) is 32.5 Å². The van der Waals surface area contributed by atoms with Gasteiger partial charge in [0.05, 0.1) is 10.3 Å². The molecule has 1 aliphatic carbocycles. The molecule has 0 bridgehead atoms. The fraction of sp³-hybridized carbons (Fsp3) is 0.167. The number of aromatic nitrogens is 1. The minimum atomic E-state index is -0.509. The predicted octanol–water partition coefficient (Wildman–Crippen LogP) is 2.70. The molecule has 0 atom stereocenters. The molecule has 0 saturated carbocycles. The van der Waals surface area contributed by atoms with Crippen LogP contribution in [0.3, 0.4) is 0 Å². The van der Waals surface area contributed by atoms with Gasteiger partial charge in [0.1, 0.15) is 11.6 Å². The van der Waals surface area contributed by atoms with Crippen LogP contribution in [0.2, 0.25) is 0 Å². The van der Waals surface area contributed by atoms with Crippen molar-refractivity contribution in [2.45, 2.75) is 19.3 Å². The number of nitrogens with zero attached hydrogens (tertiary/aromatic N) is 1. The summed E-state index contributed by atoms with van der Waals surface area (Å²) in [5.74, 6) is 0.174. The number of carbonyl (C=O) groups is 2. The zero-order chi connectivity index (χ0) is 16.8. The van der Waals surface area contributed by atoms with E-state index in [1.54, 1.807) is 0 Å². The van der Waals surface area contributed by atoms with Gasteiger partial charge >= 0.3 is 0 Å². The van der Waals surface area contributed by atoms with Gasteiger partial charge in [-0.05, 0) is 29.2 Å². The molecule has 2 heterocycles. The van der Waals surface area contributed by atoms with Crippen molar-refractivity contribution in [3.8, 4) is 10.4 Å². The molecule has 0 radical (unpaired) electrons. The van der Waals surface area contributed by atoms with E-state index in [2.05, 4.69) is 11.1 Å². The van der Waals surface area contributed by atoms with Crippen LogP contribution in [-0.2, 0) is 17.6 Å². The topological polar surface area (TPSA) is 99.1 Å². The summed E-state index contributed by atoms with van der Waals surface area (Å²) in [5.41, 5.74) is 15.1. The Kier molecular flexibility index (Phi) is 3.35. The molecule has 0 spiro atoms. The lowest BCUT2D eigenvalue weighted by atomic mass is 9.89. The number of ketones is 1. The molecule has 4 rings (SSSR count). The Morgan fingerprint density at radius 1 is 1.17 bits per heavy atom. The fourth-order valence-electron chi connectivity index (χ4n) is 3.12. The van der Waals surface area contributed by atoms with E-state index in [4.69, 9.17) is 11.5 Å². The largest absolute Gasteiger partial charge is 0.383 e. The highest BCUT2D eigenvalue weighted by Gasteiger charge is 2.18. The van der Waals surface area contributed by atoms with Crippen LogP contribution in [0.4, 0.5) is 5.82 Å². The van der Waals surface area contributed by atoms with Crippen LogP contribution in [0.15, 0.2) is 30.5 Å². The van der Waals surface area contributed by atoms with Crippen molar-refractivity contribution in [3.63, 3.8) is 0 Å². The van der Waals surface area contributed by atoms with Gasteiger partial charge in [0, 0.05) is 29.3 Å². The third-order valence-corrected chi connectivity index (χ3v) is 5.62. The first kappa shape index (κ1) is 14.8. The first-order valence-electron chi connectivity index (χ1n) is 7.64. The highest BCUT2D eigenvalue weighted by molar-refractivity contribution is 7.22. The maximum absolute atomic E-state index is 11.6. The number of pyridine rings is 1. The molecular formula is C18H15N3O2S. The van der Waals surface area contributed by atoms with Crippen molar-refractivity contribution < 1.29 is 9.59 Å². The molecule has 1 amide bonds. The lowest BCUT2D eigenvalue weighted by Gasteiger charge is -2.15. The second-order valence-corrected chi connectivity index (χ2v) is 7.03. The van der Waals surface area contributed by atoms with Crippen LogP contribution in [0.5, 0.6) is 0 Å². The number of primary amides is 1.